The molecule has 1 N–H and O–H groups in total. The number of nitriles is 1. The van der Waals surface area contributed by atoms with Crippen LogP contribution >= 0.6 is 11.3 Å². The molecule has 1 aliphatic carbocycles. The van der Waals surface area contributed by atoms with E-state index in [9.17, 15) is 14.9 Å². The number of carbonyl (C=O) groups excluding carboxylic acids is 2. The Morgan fingerprint density at radius 1 is 1.12 bits per heavy atom. The predicted molar refractivity (Wildman–Crippen MR) is 132 cm³/mol. The molecule has 1 saturated heterocycles. The quantitative estimate of drug-likeness (QED) is 0.699. The standard InChI is InChI=1S/C26H30N4O3S/c27-16-19-18-8-2-5-11-23(18)34-25(19)28-24(31)12-15-30-17-22(26(32)29-13-6-1-7-14-29)33-21-10-4-3-9-20(21)30/h3-4,9-10,22H,1-2,5-8,11-15,17H2,(H,28,31)/t22-/m1/s1. The van der Waals surface area contributed by atoms with E-state index in [1.165, 1.54) is 11.3 Å². The van der Waals surface area contributed by atoms with Gasteiger partial charge in [0, 0.05) is 30.9 Å². The Balaban J connectivity index is 1.26. The maximum atomic E-state index is 13.1. The summed E-state index contributed by atoms with van der Waals surface area (Å²) in [6, 6.07) is 10.00. The van der Waals surface area contributed by atoms with Crippen molar-refractivity contribution < 1.29 is 14.3 Å². The van der Waals surface area contributed by atoms with Gasteiger partial charge in [0.2, 0.25) is 5.91 Å². The zero-order valence-electron chi connectivity index (χ0n) is 19.3. The van der Waals surface area contributed by atoms with Crippen LogP contribution in [0.2, 0.25) is 0 Å². The number of fused-ring (bicyclic) bond motifs is 2. The third kappa shape index (κ3) is 4.62. The number of benzene rings is 1. The van der Waals surface area contributed by atoms with E-state index >= 15 is 0 Å². The fourth-order valence-electron chi connectivity index (χ4n) is 5.16. The molecule has 8 heteroatoms. The lowest BCUT2D eigenvalue weighted by atomic mass is 9.96. The minimum absolute atomic E-state index is 0.0338. The van der Waals surface area contributed by atoms with Crippen LogP contribution in [0.3, 0.4) is 0 Å². The fourth-order valence-corrected chi connectivity index (χ4v) is 6.42. The van der Waals surface area contributed by atoms with Gasteiger partial charge in [-0.1, -0.05) is 12.1 Å². The van der Waals surface area contributed by atoms with Gasteiger partial charge in [-0.25, -0.2) is 0 Å². The van der Waals surface area contributed by atoms with E-state index in [2.05, 4.69) is 16.3 Å². The first-order valence-electron chi connectivity index (χ1n) is 12.3. The average Bonchev–Trinajstić information content (AvgIpc) is 3.23. The van der Waals surface area contributed by atoms with Crippen molar-refractivity contribution in [1.29, 1.82) is 5.26 Å². The summed E-state index contributed by atoms with van der Waals surface area (Å²) in [6.07, 6.45) is 7.09. The number of aryl methyl sites for hydroxylation is 1. The number of hydrogen-bond donors (Lipinski definition) is 1. The number of carbonyl (C=O) groups is 2. The van der Waals surface area contributed by atoms with Crippen molar-refractivity contribution in [2.45, 2.75) is 57.5 Å². The smallest absolute Gasteiger partial charge is 0.265 e. The van der Waals surface area contributed by atoms with Gasteiger partial charge in [0.25, 0.3) is 5.91 Å². The van der Waals surface area contributed by atoms with Crippen molar-refractivity contribution in [2.75, 3.05) is 36.4 Å². The first kappa shape index (κ1) is 22.7. The number of thiophene rings is 1. The summed E-state index contributed by atoms with van der Waals surface area (Å²) >= 11 is 1.55. The zero-order chi connectivity index (χ0) is 23.5. The molecule has 2 aromatic rings. The second-order valence-corrected chi connectivity index (χ2v) is 10.3. The largest absolute Gasteiger partial charge is 0.477 e. The van der Waals surface area contributed by atoms with Gasteiger partial charge in [-0.05, 0) is 62.6 Å². The molecule has 2 amide bonds. The maximum Gasteiger partial charge on any atom is 0.265 e. The summed E-state index contributed by atoms with van der Waals surface area (Å²) in [5.41, 5.74) is 2.66. The Morgan fingerprint density at radius 2 is 1.91 bits per heavy atom. The van der Waals surface area contributed by atoms with E-state index in [4.69, 9.17) is 4.74 Å². The lowest BCUT2D eigenvalue weighted by Gasteiger charge is -2.38. The Morgan fingerprint density at radius 3 is 2.74 bits per heavy atom. The molecule has 0 radical (unpaired) electrons. The number of nitrogens with zero attached hydrogens (tertiary/aromatic N) is 3. The van der Waals surface area contributed by atoms with E-state index in [-0.39, 0.29) is 18.2 Å². The van der Waals surface area contributed by atoms with E-state index in [1.807, 2.05) is 29.2 Å². The third-order valence-electron chi connectivity index (χ3n) is 6.95. The molecule has 0 spiro atoms. The molecular formula is C26H30N4O3S. The molecule has 7 nitrogen and oxygen atoms in total. The van der Waals surface area contributed by atoms with Crippen molar-refractivity contribution in [3.63, 3.8) is 0 Å². The minimum atomic E-state index is -0.565. The van der Waals surface area contributed by atoms with Crippen LogP contribution in [-0.2, 0) is 22.4 Å². The topological polar surface area (TPSA) is 85.7 Å². The first-order valence-corrected chi connectivity index (χ1v) is 13.1. The van der Waals surface area contributed by atoms with E-state index in [0.717, 1.165) is 62.9 Å². The molecule has 0 saturated carbocycles. The molecule has 1 aromatic heterocycles. The summed E-state index contributed by atoms with van der Waals surface area (Å²) in [7, 11) is 0. The number of amides is 2. The van der Waals surface area contributed by atoms with Gasteiger partial charge in [0.1, 0.15) is 16.8 Å². The summed E-state index contributed by atoms with van der Waals surface area (Å²) < 4.78 is 6.09. The molecule has 2 aliphatic heterocycles. The lowest BCUT2D eigenvalue weighted by Crippen LogP contribution is -2.51. The first-order chi connectivity index (χ1) is 16.6. The number of nitrogens with one attached hydrogen (secondary N) is 1. The van der Waals surface area contributed by atoms with Crippen molar-refractivity contribution in [1.82, 2.24) is 4.90 Å². The molecular weight excluding hydrogens is 448 g/mol. The monoisotopic (exact) mass is 478 g/mol. The van der Waals surface area contributed by atoms with Crippen LogP contribution in [0.4, 0.5) is 10.7 Å². The Hall–Kier alpha value is -3.05. The summed E-state index contributed by atoms with van der Waals surface area (Å²) in [6.45, 7) is 2.48. The molecule has 0 bridgehead atoms. The zero-order valence-corrected chi connectivity index (χ0v) is 20.2. The molecule has 1 fully saturated rings. The van der Waals surface area contributed by atoms with Gasteiger partial charge < -0.3 is 19.9 Å². The lowest BCUT2D eigenvalue weighted by molar-refractivity contribution is -0.139. The molecule has 1 atom stereocenters. The predicted octanol–water partition coefficient (Wildman–Crippen LogP) is 4.11. The second-order valence-electron chi connectivity index (χ2n) is 9.23. The Bertz CT molecular complexity index is 1120. The summed E-state index contributed by atoms with van der Waals surface area (Å²) in [4.78, 5) is 31.2. The van der Waals surface area contributed by atoms with E-state index < -0.39 is 6.10 Å². The van der Waals surface area contributed by atoms with Crippen molar-refractivity contribution in [2.24, 2.45) is 0 Å². The SMILES string of the molecule is N#Cc1c(NC(=O)CCN2C[C@H](C(=O)N3CCCCC3)Oc3ccccc32)sc2c1CCCC2. The van der Waals surface area contributed by atoms with Crippen molar-refractivity contribution >= 4 is 33.8 Å². The highest BCUT2D eigenvalue weighted by atomic mass is 32.1. The molecule has 34 heavy (non-hydrogen) atoms. The van der Waals surface area contributed by atoms with Crippen LogP contribution in [0.15, 0.2) is 24.3 Å². The van der Waals surface area contributed by atoms with Gasteiger partial charge >= 0.3 is 0 Å². The van der Waals surface area contributed by atoms with Crippen LogP contribution in [0.25, 0.3) is 0 Å². The number of hydrogen-bond acceptors (Lipinski definition) is 6. The highest BCUT2D eigenvalue weighted by Crippen LogP contribution is 2.38. The van der Waals surface area contributed by atoms with E-state index in [0.29, 0.717) is 29.4 Å². The van der Waals surface area contributed by atoms with Crippen LogP contribution in [-0.4, -0.2) is 49.0 Å². The van der Waals surface area contributed by atoms with Crippen molar-refractivity contribution in [3.8, 4) is 11.8 Å². The summed E-state index contributed by atoms with van der Waals surface area (Å²) in [5, 5.41) is 13.3. The Kier molecular flexibility index (Phi) is 6.73. The van der Waals surface area contributed by atoms with Gasteiger partial charge in [-0.2, -0.15) is 5.26 Å². The normalized spacial score (nSPS) is 19.4. The number of likely N-dealkylation sites (tertiary alicyclic amines) is 1. The molecule has 0 unspecified atom stereocenters. The number of para-hydroxylation sites is 2. The molecule has 1 aromatic carbocycles. The molecule has 3 heterocycles. The van der Waals surface area contributed by atoms with Crippen LogP contribution in [0.1, 0.15) is 54.5 Å². The maximum absolute atomic E-state index is 13.1. The Labute approximate surface area is 204 Å². The highest BCUT2D eigenvalue weighted by molar-refractivity contribution is 7.16. The number of rotatable bonds is 5. The number of piperidine rings is 1. The van der Waals surface area contributed by atoms with Crippen LogP contribution in [0, 0.1) is 11.3 Å². The third-order valence-corrected chi connectivity index (χ3v) is 8.16. The van der Waals surface area contributed by atoms with Gasteiger partial charge in [0.15, 0.2) is 6.10 Å². The van der Waals surface area contributed by atoms with Crippen LogP contribution < -0.4 is 15.0 Å². The molecule has 5 rings (SSSR count). The highest BCUT2D eigenvalue weighted by Gasteiger charge is 2.34. The van der Waals surface area contributed by atoms with E-state index in [1.54, 1.807) is 11.3 Å². The van der Waals surface area contributed by atoms with Gasteiger partial charge in [0.05, 0.1) is 17.8 Å². The van der Waals surface area contributed by atoms with Crippen LogP contribution in [0.5, 0.6) is 5.75 Å². The average molecular weight is 479 g/mol. The van der Waals surface area contributed by atoms with Gasteiger partial charge in [-0.15, -0.1) is 11.3 Å². The second kappa shape index (κ2) is 10.1. The van der Waals surface area contributed by atoms with Gasteiger partial charge in [-0.3, -0.25) is 9.59 Å². The summed E-state index contributed by atoms with van der Waals surface area (Å²) in [5.74, 6) is 0.603. The number of anilines is 2. The van der Waals surface area contributed by atoms with Crippen molar-refractivity contribution in [3.05, 3.63) is 40.3 Å². The minimum Gasteiger partial charge on any atom is -0.477 e. The molecule has 3 aliphatic rings. The number of ether oxygens (including phenoxy) is 1. The molecule has 178 valence electrons. The fraction of sp³-hybridized carbons (Fsp3) is 0.500.